The van der Waals surface area contributed by atoms with Gasteiger partial charge in [0.05, 0.1) is 25.6 Å². The number of carbonyl (C=O) groups is 2. The standard InChI is InChI=1S/C21H20F2N8O2.C13H16F2N2O.C9H8N6O3S/c22-21(23)8-10-30(12-21)17(32)14-5-3-13(4-6-14)7-9-25-19-27-18(24)31-20(28-19)26-16(29-31)15-2-1-11-33-15;14-13(15)6-8-17(9-13)12(18)11-3-1-10(2-4-11)5-7-16;1-19(16,17)9-12-7(10)15-8(13-9)11-6(14-15)5-3-2-4-18-5/h1-6,11H,7-10,12H2,(H3,24,25,26,27,28,29);1-4H,5-9,16H2;2-4H,1H3,(H2,10,11,12,13,14). The van der Waals surface area contributed by atoms with Crippen LogP contribution in [0.3, 0.4) is 0 Å². The van der Waals surface area contributed by atoms with Gasteiger partial charge in [0.1, 0.15) is 0 Å². The van der Waals surface area contributed by atoms with Crippen molar-refractivity contribution in [1.82, 2.24) is 58.9 Å². The minimum absolute atomic E-state index is 0.0410. The number of hydrogen-bond donors (Lipinski definition) is 4. The van der Waals surface area contributed by atoms with Gasteiger partial charge < -0.3 is 41.2 Å². The lowest BCUT2D eigenvalue weighted by Gasteiger charge is -2.16. The first-order chi connectivity index (χ1) is 33.3. The first kappa shape index (κ1) is 48.4. The third-order valence-electron chi connectivity index (χ3n) is 10.7. The van der Waals surface area contributed by atoms with Crippen LogP contribution in [0.4, 0.5) is 35.4 Å². The smallest absolute Gasteiger partial charge is 0.267 e. The van der Waals surface area contributed by atoms with Crippen LogP contribution in [0.5, 0.6) is 0 Å². The molecule has 22 nitrogen and oxygen atoms in total. The van der Waals surface area contributed by atoms with Crippen LogP contribution in [0.15, 0.2) is 99.3 Å². The fourth-order valence-corrected chi connectivity index (χ4v) is 7.66. The van der Waals surface area contributed by atoms with E-state index < -0.39 is 39.9 Å². The molecule has 0 saturated carbocycles. The number of nitrogens with one attached hydrogen (secondary N) is 1. The number of aromatic nitrogens is 10. The summed E-state index contributed by atoms with van der Waals surface area (Å²) in [6, 6.07) is 20.7. The molecule has 0 radical (unpaired) electrons. The Balaban J connectivity index is 0.000000152. The van der Waals surface area contributed by atoms with E-state index in [1.54, 1.807) is 60.7 Å². The fraction of sp³-hybridized carbons (Fsp3) is 0.302. The molecule has 2 fully saturated rings. The highest BCUT2D eigenvalue weighted by Crippen LogP contribution is 2.29. The van der Waals surface area contributed by atoms with Crippen molar-refractivity contribution in [3.63, 3.8) is 0 Å². The number of halogens is 4. The van der Waals surface area contributed by atoms with Gasteiger partial charge in [0.15, 0.2) is 11.5 Å². The van der Waals surface area contributed by atoms with Gasteiger partial charge in [-0.25, -0.2) is 26.0 Å². The van der Waals surface area contributed by atoms with E-state index in [1.807, 2.05) is 12.1 Å². The van der Waals surface area contributed by atoms with Crippen LogP contribution in [-0.2, 0) is 22.7 Å². The number of fused-ring (bicyclic) bond motifs is 2. The molecule has 6 aromatic heterocycles. The van der Waals surface area contributed by atoms with Crippen molar-refractivity contribution >= 4 is 51.1 Å². The Morgan fingerprint density at radius 1 is 0.671 bits per heavy atom. The molecule has 366 valence electrons. The number of nitrogens with two attached hydrogens (primary N) is 3. The van der Waals surface area contributed by atoms with Crippen LogP contribution < -0.4 is 22.5 Å². The SMILES string of the molecule is CS(=O)(=O)c1nc(N)n2nc(-c3ccco3)nc2n1.NCCc1ccc(C(=O)N2CCC(F)(F)C2)cc1.Nc1nc(NCCc2ccc(C(=O)N3CCC(F)(F)C3)cc2)nc2nc(-c3ccco3)nn12. The van der Waals surface area contributed by atoms with Gasteiger partial charge in [0.25, 0.3) is 40.4 Å². The number of carbonyl (C=O) groups excluding carboxylic acids is 2. The maximum atomic E-state index is 13.4. The van der Waals surface area contributed by atoms with Gasteiger partial charge >= 0.3 is 0 Å². The monoisotopic (exact) mass is 988 g/mol. The van der Waals surface area contributed by atoms with Gasteiger partial charge in [-0.15, -0.1) is 10.2 Å². The van der Waals surface area contributed by atoms with Crippen LogP contribution >= 0.6 is 0 Å². The molecule has 7 N–H and O–H groups in total. The molecule has 0 atom stereocenters. The zero-order valence-corrected chi connectivity index (χ0v) is 37.9. The lowest BCUT2D eigenvalue weighted by atomic mass is 10.1. The number of sulfone groups is 1. The number of anilines is 3. The normalized spacial score (nSPS) is 15.1. The lowest BCUT2D eigenvalue weighted by Crippen LogP contribution is -2.31. The number of benzene rings is 2. The van der Waals surface area contributed by atoms with Crippen molar-refractivity contribution in [3.05, 3.63) is 108 Å². The number of alkyl halides is 4. The summed E-state index contributed by atoms with van der Waals surface area (Å²) < 4.78 is 88.5. The Bertz CT molecular complexity index is 3230. The second-order valence-corrected chi connectivity index (χ2v) is 18.0. The van der Waals surface area contributed by atoms with Crippen molar-refractivity contribution in [3.8, 4) is 23.2 Å². The Morgan fingerprint density at radius 3 is 1.57 bits per heavy atom. The summed E-state index contributed by atoms with van der Waals surface area (Å²) in [5, 5.41) is 11.0. The van der Waals surface area contributed by atoms with Crippen LogP contribution in [0.1, 0.15) is 44.7 Å². The summed E-state index contributed by atoms with van der Waals surface area (Å²) in [5.74, 6) is -4.09. The average Bonchev–Trinajstić information content (AvgIpc) is 4.19. The first-order valence-electron chi connectivity index (χ1n) is 21.4. The summed E-state index contributed by atoms with van der Waals surface area (Å²) in [4.78, 5) is 51.1. The Kier molecular flexibility index (Phi) is 13.7. The highest BCUT2D eigenvalue weighted by atomic mass is 32.2. The van der Waals surface area contributed by atoms with E-state index in [0.717, 1.165) is 28.3 Å². The quantitative estimate of drug-likeness (QED) is 0.133. The highest BCUT2D eigenvalue weighted by Gasteiger charge is 2.41. The van der Waals surface area contributed by atoms with Gasteiger partial charge in [-0.05, 0) is 79.0 Å². The van der Waals surface area contributed by atoms with Crippen molar-refractivity contribution < 1.29 is 44.4 Å². The number of likely N-dealkylation sites (tertiary alicyclic amines) is 2. The molecule has 0 spiro atoms. The summed E-state index contributed by atoms with van der Waals surface area (Å²) in [5.41, 5.74) is 19.9. The molecule has 0 unspecified atom stereocenters. The van der Waals surface area contributed by atoms with Crippen LogP contribution in [0.2, 0.25) is 0 Å². The van der Waals surface area contributed by atoms with Crippen molar-refractivity contribution in [2.45, 2.75) is 42.7 Å². The minimum Gasteiger partial charge on any atom is -0.461 e. The number of amides is 2. The molecule has 2 aromatic carbocycles. The zero-order chi connectivity index (χ0) is 49.8. The van der Waals surface area contributed by atoms with Gasteiger partial charge in [0, 0.05) is 49.9 Å². The van der Waals surface area contributed by atoms with E-state index in [0.29, 0.717) is 53.9 Å². The summed E-state index contributed by atoms with van der Waals surface area (Å²) in [6.45, 7) is 0.235. The molecular weight excluding hydrogens is 945 g/mol. The first-order valence-corrected chi connectivity index (χ1v) is 23.3. The molecule has 8 heterocycles. The molecule has 2 aliphatic rings. The maximum Gasteiger partial charge on any atom is 0.267 e. The number of nitrogen functional groups attached to an aromatic ring is 2. The molecule has 0 bridgehead atoms. The second kappa shape index (κ2) is 19.9. The third-order valence-corrected chi connectivity index (χ3v) is 11.6. The Morgan fingerprint density at radius 2 is 1.14 bits per heavy atom. The summed E-state index contributed by atoms with van der Waals surface area (Å²) in [6.07, 6.45) is 4.81. The fourth-order valence-electron chi connectivity index (χ4n) is 7.15. The van der Waals surface area contributed by atoms with Crippen molar-refractivity contribution in [2.24, 2.45) is 5.73 Å². The summed E-state index contributed by atoms with van der Waals surface area (Å²) >= 11 is 0. The molecule has 2 amide bonds. The number of hydrogen-bond acceptors (Lipinski definition) is 18. The van der Waals surface area contributed by atoms with Crippen LogP contribution in [-0.4, -0.2) is 137 Å². The van der Waals surface area contributed by atoms with Crippen LogP contribution in [0.25, 0.3) is 34.7 Å². The van der Waals surface area contributed by atoms with Crippen LogP contribution in [0, 0.1) is 0 Å². The van der Waals surface area contributed by atoms with E-state index in [-0.39, 0.29) is 67.0 Å². The molecule has 2 aliphatic heterocycles. The molecule has 0 aliphatic carbocycles. The van der Waals surface area contributed by atoms with E-state index in [2.05, 4.69) is 45.4 Å². The minimum atomic E-state index is -3.57. The number of furan rings is 2. The Labute approximate surface area is 394 Å². The van der Waals surface area contributed by atoms with E-state index in [4.69, 9.17) is 26.0 Å². The molecule has 8 aromatic rings. The van der Waals surface area contributed by atoms with Gasteiger partial charge in [-0.3, -0.25) is 9.59 Å². The number of rotatable bonds is 11. The highest BCUT2D eigenvalue weighted by molar-refractivity contribution is 7.90. The van der Waals surface area contributed by atoms with Gasteiger partial charge in [-0.2, -0.15) is 38.9 Å². The average molecular weight is 989 g/mol. The molecule has 2 saturated heterocycles. The van der Waals surface area contributed by atoms with Crippen molar-refractivity contribution in [1.29, 1.82) is 0 Å². The largest absolute Gasteiger partial charge is 0.461 e. The third kappa shape index (κ3) is 11.4. The summed E-state index contributed by atoms with van der Waals surface area (Å²) in [7, 11) is -3.57. The topological polar surface area (TPSA) is 303 Å². The van der Waals surface area contributed by atoms with E-state index in [1.165, 1.54) is 26.8 Å². The van der Waals surface area contributed by atoms with Crippen molar-refractivity contribution in [2.75, 3.05) is 62.3 Å². The maximum absolute atomic E-state index is 13.4. The molecular formula is C43H44F4N16O6S. The van der Waals surface area contributed by atoms with E-state index >= 15 is 0 Å². The predicted octanol–water partition coefficient (Wildman–Crippen LogP) is 3.93. The lowest BCUT2D eigenvalue weighted by molar-refractivity contribution is 0.0117. The Hall–Kier alpha value is -8.07. The molecule has 27 heteroatoms. The zero-order valence-electron chi connectivity index (χ0n) is 37.1. The number of nitrogens with zero attached hydrogens (tertiary/aromatic N) is 12. The van der Waals surface area contributed by atoms with E-state index in [9.17, 15) is 35.6 Å². The second-order valence-electron chi connectivity index (χ2n) is 16.1. The molecule has 10 rings (SSSR count). The molecule has 70 heavy (non-hydrogen) atoms. The predicted molar refractivity (Wildman–Crippen MR) is 243 cm³/mol. The van der Waals surface area contributed by atoms with Gasteiger partial charge in [0.2, 0.25) is 39.3 Å². The van der Waals surface area contributed by atoms with Gasteiger partial charge in [-0.1, -0.05) is 24.3 Å².